The van der Waals surface area contributed by atoms with E-state index in [1.54, 1.807) is 0 Å². The number of hydrogen-bond donors (Lipinski definition) is 1. The fourth-order valence-electron chi connectivity index (χ4n) is 4.96. The Labute approximate surface area is 206 Å². The number of fused-ring (bicyclic) bond motifs is 3. The summed E-state index contributed by atoms with van der Waals surface area (Å²) in [5.74, 6) is 2.18. The zero-order chi connectivity index (χ0) is 24.2. The van der Waals surface area contributed by atoms with Gasteiger partial charge in [0.15, 0.2) is 11.5 Å². The monoisotopic (exact) mass is 477 g/mol. The van der Waals surface area contributed by atoms with Crippen molar-refractivity contribution in [3.8, 4) is 5.75 Å². The molecule has 8 nitrogen and oxygen atoms in total. The molecule has 8 heteroatoms. The van der Waals surface area contributed by atoms with Crippen LogP contribution in [0.5, 0.6) is 5.75 Å². The van der Waals surface area contributed by atoms with Gasteiger partial charge in [0.1, 0.15) is 23.7 Å². The molecule has 2 aliphatic rings. The lowest BCUT2D eigenvalue weighted by molar-refractivity contribution is 0.307. The summed E-state index contributed by atoms with van der Waals surface area (Å²) in [5, 5.41) is 3.84. The second-order valence-corrected chi connectivity index (χ2v) is 9.45. The third-order valence-corrected chi connectivity index (χ3v) is 6.91. The Balaban J connectivity index is 1.33. The van der Waals surface area contributed by atoms with Crippen LogP contribution in [0.15, 0.2) is 64.0 Å². The van der Waals surface area contributed by atoms with E-state index in [9.17, 15) is 4.79 Å². The molecule has 2 aromatic carbocycles. The number of aromatic amines is 1. The van der Waals surface area contributed by atoms with Gasteiger partial charge in [0, 0.05) is 17.7 Å². The van der Waals surface area contributed by atoms with Crippen LogP contribution in [0.4, 0.5) is 0 Å². The number of H-pyrrole nitrogens is 1. The first-order valence-electron chi connectivity index (χ1n) is 12.1. The maximum absolute atomic E-state index is 11.5. The minimum atomic E-state index is -0.585. The van der Waals surface area contributed by atoms with Crippen molar-refractivity contribution in [2.24, 2.45) is 0 Å². The van der Waals surface area contributed by atoms with E-state index in [0.29, 0.717) is 24.9 Å². The van der Waals surface area contributed by atoms with E-state index in [4.69, 9.17) is 14.2 Å². The van der Waals surface area contributed by atoms with Crippen molar-refractivity contribution in [1.29, 1.82) is 0 Å². The standard InChI is InChI=1S/C28H23N5O3/c1-16-10-11-29-27-25(16)31-26(18-7-8-18)33(27)14-17-6-9-21-22(13-24-30-28(34)36-32-24)20-5-3-2-4-19(20)15-35-23(21)12-17/h2-6,9-13,18H,7-8,14-15H2,1H3,(H,30,32,34)/b22-13+. The lowest BCUT2D eigenvalue weighted by Crippen LogP contribution is -2.06. The third kappa shape index (κ3) is 3.53. The molecular weight excluding hydrogens is 454 g/mol. The fourth-order valence-corrected chi connectivity index (χ4v) is 4.96. The first-order chi connectivity index (χ1) is 17.6. The van der Waals surface area contributed by atoms with Gasteiger partial charge in [-0.3, -0.25) is 9.51 Å². The number of aromatic nitrogens is 5. The van der Waals surface area contributed by atoms with Crippen molar-refractivity contribution in [1.82, 2.24) is 24.7 Å². The molecule has 5 aromatic rings. The minimum Gasteiger partial charge on any atom is -0.488 e. The largest absolute Gasteiger partial charge is 0.488 e. The Bertz CT molecular complexity index is 1720. The van der Waals surface area contributed by atoms with E-state index >= 15 is 0 Å². The molecule has 3 aromatic heterocycles. The Morgan fingerprint density at radius 2 is 2.03 bits per heavy atom. The Morgan fingerprint density at radius 1 is 1.14 bits per heavy atom. The maximum atomic E-state index is 11.5. The SMILES string of the molecule is Cc1ccnc2c1nc(C1CC1)n2Cc1ccc2c(c1)OCc1ccccc1/C2=C\c1noc(=O)[nH]1. The van der Waals surface area contributed by atoms with Crippen molar-refractivity contribution in [2.75, 3.05) is 0 Å². The fraction of sp³-hybridized carbons (Fsp3) is 0.214. The summed E-state index contributed by atoms with van der Waals surface area (Å²) in [5.41, 5.74) is 8.09. The first-order valence-corrected chi connectivity index (χ1v) is 12.1. The molecule has 0 atom stereocenters. The number of aryl methyl sites for hydroxylation is 1. The van der Waals surface area contributed by atoms with Gasteiger partial charge < -0.3 is 9.30 Å². The van der Waals surface area contributed by atoms with E-state index in [2.05, 4.69) is 56.9 Å². The molecule has 0 saturated heterocycles. The minimum absolute atomic E-state index is 0.363. The van der Waals surface area contributed by atoms with Crippen LogP contribution >= 0.6 is 0 Å². The zero-order valence-corrected chi connectivity index (χ0v) is 19.7. The summed E-state index contributed by atoms with van der Waals surface area (Å²) in [4.78, 5) is 23.8. The second-order valence-electron chi connectivity index (χ2n) is 9.45. The van der Waals surface area contributed by atoms with Crippen molar-refractivity contribution < 1.29 is 9.26 Å². The van der Waals surface area contributed by atoms with Crippen LogP contribution < -0.4 is 10.5 Å². The average Bonchev–Trinajstić information content (AvgIpc) is 3.58. The highest BCUT2D eigenvalue weighted by atomic mass is 16.5. The molecule has 4 heterocycles. The predicted octanol–water partition coefficient (Wildman–Crippen LogP) is 4.82. The molecule has 7 rings (SSSR count). The topological polar surface area (TPSA) is 98.8 Å². The lowest BCUT2D eigenvalue weighted by Gasteiger charge is -2.13. The number of nitrogens with zero attached hydrogens (tertiary/aromatic N) is 4. The summed E-state index contributed by atoms with van der Waals surface area (Å²) in [6.45, 7) is 3.20. The quantitative estimate of drug-likeness (QED) is 0.398. The van der Waals surface area contributed by atoms with Gasteiger partial charge in [-0.1, -0.05) is 41.6 Å². The first kappa shape index (κ1) is 20.9. The van der Waals surface area contributed by atoms with Gasteiger partial charge >= 0.3 is 5.76 Å². The van der Waals surface area contributed by atoms with Crippen LogP contribution in [0.1, 0.15) is 58.2 Å². The smallest absolute Gasteiger partial charge is 0.439 e. The van der Waals surface area contributed by atoms with Gasteiger partial charge in [0.2, 0.25) is 0 Å². The summed E-state index contributed by atoms with van der Waals surface area (Å²) in [6.07, 6.45) is 6.03. The molecule has 0 spiro atoms. The number of hydrogen-bond acceptors (Lipinski definition) is 6. The van der Waals surface area contributed by atoms with Crippen LogP contribution in [-0.4, -0.2) is 24.7 Å². The van der Waals surface area contributed by atoms with Gasteiger partial charge in [-0.25, -0.2) is 14.8 Å². The number of ether oxygens (including phenoxy) is 1. The van der Waals surface area contributed by atoms with E-state index < -0.39 is 5.76 Å². The summed E-state index contributed by atoms with van der Waals surface area (Å²) in [6, 6.07) is 16.4. The van der Waals surface area contributed by atoms with E-state index in [1.165, 1.54) is 12.8 Å². The van der Waals surface area contributed by atoms with Crippen molar-refractivity contribution in [3.63, 3.8) is 0 Å². The van der Waals surface area contributed by atoms with Gasteiger partial charge in [0.25, 0.3) is 0 Å². The maximum Gasteiger partial charge on any atom is 0.439 e. The Hall–Kier alpha value is -4.46. The van der Waals surface area contributed by atoms with Gasteiger partial charge in [-0.15, -0.1) is 0 Å². The highest BCUT2D eigenvalue weighted by Gasteiger charge is 2.30. The summed E-state index contributed by atoms with van der Waals surface area (Å²) in [7, 11) is 0. The third-order valence-electron chi connectivity index (χ3n) is 6.91. The zero-order valence-electron chi connectivity index (χ0n) is 19.7. The molecule has 178 valence electrons. The van der Waals surface area contributed by atoms with E-state index in [-0.39, 0.29) is 0 Å². The molecule has 1 aliphatic heterocycles. The molecule has 0 bridgehead atoms. The molecule has 0 amide bonds. The van der Waals surface area contributed by atoms with Crippen LogP contribution in [0.2, 0.25) is 0 Å². The molecular formula is C28H23N5O3. The normalized spacial score (nSPS) is 16.0. The van der Waals surface area contributed by atoms with Gasteiger partial charge in [-0.05, 0) is 65.8 Å². The van der Waals surface area contributed by atoms with Crippen molar-refractivity contribution in [2.45, 2.75) is 38.8 Å². The highest BCUT2D eigenvalue weighted by molar-refractivity contribution is 5.93. The highest BCUT2D eigenvalue weighted by Crippen LogP contribution is 2.42. The number of imidazole rings is 1. The lowest BCUT2D eigenvalue weighted by atomic mass is 9.93. The second kappa shape index (κ2) is 8.05. The number of pyridine rings is 1. The van der Waals surface area contributed by atoms with Crippen LogP contribution in [0.25, 0.3) is 22.8 Å². The Morgan fingerprint density at radius 3 is 2.86 bits per heavy atom. The molecule has 0 radical (unpaired) electrons. The van der Waals surface area contributed by atoms with Crippen LogP contribution in [0, 0.1) is 6.92 Å². The molecule has 1 fully saturated rings. The Kier molecular flexibility index (Phi) is 4.67. The van der Waals surface area contributed by atoms with Gasteiger partial charge in [-0.2, -0.15) is 0 Å². The molecule has 1 aliphatic carbocycles. The van der Waals surface area contributed by atoms with Crippen LogP contribution in [0.3, 0.4) is 0 Å². The summed E-state index contributed by atoms with van der Waals surface area (Å²) >= 11 is 0. The molecule has 1 saturated carbocycles. The number of rotatable bonds is 4. The average molecular weight is 478 g/mol. The summed E-state index contributed by atoms with van der Waals surface area (Å²) < 4.78 is 13.3. The van der Waals surface area contributed by atoms with Gasteiger partial charge in [0.05, 0.1) is 6.54 Å². The van der Waals surface area contributed by atoms with E-state index in [1.807, 2.05) is 30.5 Å². The van der Waals surface area contributed by atoms with Crippen LogP contribution in [-0.2, 0) is 13.2 Å². The van der Waals surface area contributed by atoms with Crippen molar-refractivity contribution in [3.05, 3.63) is 105 Å². The molecule has 0 unspecified atom stereocenters. The van der Waals surface area contributed by atoms with Crippen molar-refractivity contribution >= 4 is 22.8 Å². The molecule has 1 N–H and O–H groups in total. The number of benzene rings is 2. The molecule has 36 heavy (non-hydrogen) atoms. The van der Waals surface area contributed by atoms with E-state index in [0.717, 1.165) is 56.1 Å². The number of nitrogens with one attached hydrogen (secondary N) is 1. The predicted molar refractivity (Wildman–Crippen MR) is 135 cm³/mol.